The number of aromatic nitrogens is 1. The molecule has 1 aromatic rings. The Kier molecular flexibility index (Phi) is 5.06. The normalized spacial score (nSPS) is 30.7. The number of ether oxygens (including phenoxy) is 1. The summed E-state index contributed by atoms with van der Waals surface area (Å²) in [6.45, 7) is 1.38. The van der Waals surface area contributed by atoms with Crippen molar-refractivity contribution in [3.8, 4) is 0 Å². The van der Waals surface area contributed by atoms with Gasteiger partial charge in [-0.3, -0.25) is 4.79 Å². The number of piperidine rings is 2. The topological polar surface area (TPSA) is 79.8 Å². The molecule has 1 unspecified atom stereocenters. The second kappa shape index (κ2) is 7.18. The van der Waals surface area contributed by atoms with Gasteiger partial charge in [0.25, 0.3) is 5.91 Å². The maximum atomic E-state index is 12.3. The molecule has 3 saturated heterocycles. The molecule has 144 valence electrons. The Hall–Kier alpha value is -1.03. The zero-order valence-corrected chi connectivity index (χ0v) is 16.5. The average Bonchev–Trinajstić information content (AvgIpc) is 3.22. The number of carbonyl (C=O) groups excluding carboxylic acids is 1. The summed E-state index contributed by atoms with van der Waals surface area (Å²) in [7, 11) is -3.13. The van der Waals surface area contributed by atoms with Gasteiger partial charge in [-0.25, -0.2) is 13.4 Å². The van der Waals surface area contributed by atoms with Crippen LogP contribution in [0.4, 0.5) is 0 Å². The van der Waals surface area contributed by atoms with E-state index in [1.54, 1.807) is 15.2 Å². The van der Waals surface area contributed by atoms with Crippen LogP contribution in [0.5, 0.6) is 0 Å². The Morgan fingerprint density at radius 1 is 1.15 bits per heavy atom. The maximum Gasteiger partial charge on any atom is 0.273 e. The number of amides is 1. The minimum absolute atomic E-state index is 0.00389. The molecule has 2 bridgehead atoms. The van der Waals surface area contributed by atoms with E-state index in [1.807, 2.05) is 4.90 Å². The lowest BCUT2D eigenvalue weighted by Gasteiger charge is -2.40. The number of fused-ring (bicyclic) bond motifs is 2. The van der Waals surface area contributed by atoms with Gasteiger partial charge in [0.05, 0.1) is 24.0 Å². The summed E-state index contributed by atoms with van der Waals surface area (Å²) in [6.07, 6.45) is 6.74. The lowest BCUT2D eigenvalue weighted by Crippen LogP contribution is -2.49. The van der Waals surface area contributed by atoms with E-state index < -0.39 is 10.0 Å². The summed E-state index contributed by atoms with van der Waals surface area (Å²) < 4.78 is 32.0. The van der Waals surface area contributed by atoms with Crippen LogP contribution in [0.25, 0.3) is 0 Å². The molecule has 1 amide bonds. The average molecular weight is 400 g/mol. The summed E-state index contributed by atoms with van der Waals surface area (Å²) in [5.41, 5.74) is 2.21. The van der Waals surface area contributed by atoms with Gasteiger partial charge in [0.2, 0.25) is 10.0 Å². The van der Waals surface area contributed by atoms with Crippen LogP contribution < -0.4 is 0 Å². The zero-order valence-electron chi connectivity index (χ0n) is 14.9. The predicted octanol–water partition coefficient (Wildman–Crippen LogP) is 1.72. The molecule has 0 N–H and O–H groups in total. The van der Waals surface area contributed by atoms with E-state index in [1.165, 1.54) is 17.6 Å². The van der Waals surface area contributed by atoms with E-state index in [2.05, 4.69) is 4.98 Å². The molecule has 3 aliphatic heterocycles. The summed E-state index contributed by atoms with van der Waals surface area (Å²) in [5.74, 6) is 0.00389. The van der Waals surface area contributed by atoms with Gasteiger partial charge in [-0.05, 0) is 38.5 Å². The van der Waals surface area contributed by atoms with Gasteiger partial charge in [-0.15, -0.1) is 11.3 Å². The van der Waals surface area contributed by atoms with Crippen LogP contribution in [0.1, 0.15) is 49.0 Å². The van der Waals surface area contributed by atoms with Gasteiger partial charge in [-0.1, -0.05) is 0 Å². The van der Waals surface area contributed by atoms with Gasteiger partial charge < -0.3 is 9.64 Å². The van der Waals surface area contributed by atoms with Crippen molar-refractivity contribution in [3.63, 3.8) is 0 Å². The highest BCUT2D eigenvalue weighted by atomic mass is 32.2. The fourth-order valence-corrected chi connectivity index (χ4v) is 6.68. The lowest BCUT2D eigenvalue weighted by atomic mass is 10.0. The Morgan fingerprint density at radius 2 is 1.81 bits per heavy atom. The summed E-state index contributed by atoms with van der Waals surface area (Å²) in [6, 6.07) is 0.195. The Balaban J connectivity index is 1.29. The van der Waals surface area contributed by atoms with Gasteiger partial charge in [0.1, 0.15) is 5.69 Å². The molecule has 26 heavy (non-hydrogen) atoms. The predicted molar refractivity (Wildman–Crippen MR) is 98.6 cm³/mol. The molecular formula is C17H25N3O4S2. The van der Waals surface area contributed by atoms with Crippen molar-refractivity contribution < 1.29 is 17.9 Å². The first-order chi connectivity index (χ1) is 12.4. The number of rotatable bonds is 4. The molecule has 4 rings (SSSR count). The van der Waals surface area contributed by atoms with Crippen LogP contribution in [0.2, 0.25) is 0 Å². The van der Waals surface area contributed by atoms with Gasteiger partial charge in [0.15, 0.2) is 0 Å². The van der Waals surface area contributed by atoms with Gasteiger partial charge in [-0.2, -0.15) is 4.31 Å². The van der Waals surface area contributed by atoms with E-state index in [9.17, 15) is 13.2 Å². The van der Waals surface area contributed by atoms with Crippen molar-refractivity contribution >= 4 is 27.3 Å². The molecule has 1 aromatic heterocycles. The number of carbonyl (C=O) groups is 1. The first-order valence-corrected chi connectivity index (χ1v) is 12.0. The third-order valence-electron chi connectivity index (χ3n) is 5.77. The quantitative estimate of drug-likeness (QED) is 0.770. The van der Waals surface area contributed by atoms with E-state index in [4.69, 9.17) is 4.74 Å². The highest BCUT2D eigenvalue weighted by Gasteiger charge is 2.46. The third kappa shape index (κ3) is 3.67. The standard InChI is InChI=1S/C17H25N3O4S2/c1-26(22,23)20-12-2-3-13(20)9-15(8-12)24-14-4-6-19(7-5-14)17(21)16-10-25-11-18-16/h10-15H,2-9H2,1H3/t12-,13+,15?. The minimum Gasteiger partial charge on any atom is -0.375 e. The zero-order chi connectivity index (χ0) is 18.3. The molecule has 3 atom stereocenters. The van der Waals surface area contributed by atoms with Gasteiger partial charge in [0, 0.05) is 30.6 Å². The monoisotopic (exact) mass is 399 g/mol. The number of hydrogen-bond acceptors (Lipinski definition) is 6. The number of sulfonamides is 1. The van der Waals surface area contributed by atoms with Crippen molar-refractivity contribution in [1.29, 1.82) is 0 Å². The van der Waals surface area contributed by atoms with Crippen molar-refractivity contribution in [2.45, 2.75) is 62.8 Å². The van der Waals surface area contributed by atoms with Crippen molar-refractivity contribution in [3.05, 3.63) is 16.6 Å². The molecule has 0 radical (unpaired) electrons. The largest absolute Gasteiger partial charge is 0.375 e. The number of nitrogens with zero attached hydrogens (tertiary/aromatic N) is 3. The van der Waals surface area contributed by atoms with Crippen LogP contribution in [0.3, 0.4) is 0 Å². The fraction of sp³-hybridized carbons (Fsp3) is 0.765. The second-order valence-electron chi connectivity index (χ2n) is 7.57. The summed E-state index contributed by atoms with van der Waals surface area (Å²) >= 11 is 1.43. The Morgan fingerprint density at radius 3 is 2.35 bits per heavy atom. The van der Waals surface area contributed by atoms with Crippen LogP contribution in [0, 0.1) is 0 Å². The molecule has 3 fully saturated rings. The number of hydrogen-bond donors (Lipinski definition) is 0. The lowest BCUT2D eigenvalue weighted by molar-refractivity contribution is -0.0661. The Labute approximate surface area is 158 Å². The third-order valence-corrected chi connectivity index (χ3v) is 7.72. The molecule has 7 nitrogen and oxygen atoms in total. The molecule has 0 aromatic carbocycles. The van der Waals surface area contributed by atoms with E-state index in [0.29, 0.717) is 18.8 Å². The summed E-state index contributed by atoms with van der Waals surface area (Å²) in [5, 5.41) is 1.79. The fourth-order valence-electron chi connectivity index (χ4n) is 4.68. The number of likely N-dealkylation sites (tertiary alicyclic amines) is 1. The van der Waals surface area contributed by atoms with E-state index in [-0.39, 0.29) is 30.2 Å². The highest BCUT2D eigenvalue weighted by Crippen LogP contribution is 2.39. The van der Waals surface area contributed by atoms with Crippen LogP contribution in [-0.2, 0) is 14.8 Å². The van der Waals surface area contributed by atoms with E-state index in [0.717, 1.165) is 38.5 Å². The molecule has 3 aliphatic rings. The molecule has 0 aliphatic carbocycles. The minimum atomic E-state index is -3.13. The number of thiazole rings is 1. The van der Waals surface area contributed by atoms with Crippen molar-refractivity contribution in [2.75, 3.05) is 19.3 Å². The Bertz CT molecular complexity index is 730. The van der Waals surface area contributed by atoms with Crippen molar-refractivity contribution in [2.24, 2.45) is 0 Å². The smallest absolute Gasteiger partial charge is 0.273 e. The molecule has 4 heterocycles. The van der Waals surface area contributed by atoms with Crippen molar-refractivity contribution in [1.82, 2.24) is 14.2 Å². The van der Waals surface area contributed by atoms with Crippen LogP contribution in [0.15, 0.2) is 10.9 Å². The highest BCUT2D eigenvalue weighted by molar-refractivity contribution is 7.88. The van der Waals surface area contributed by atoms with Crippen LogP contribution in [-0.4, -0.2) is 72.2 Å². The first kappa shape index (κ1) is 18.3. The second-order valence-corrected chi connectivity index (χ2v) is 10.2. The molecule has 9 heteroatoms. The molecule has 0 saturated carbocycles. The molecule has 0 spiro atoms. The maximum absolute atomic E-state index is 12.3. The molecular weight excluding hydrogens is 374 g/mol. The van der Waals surface area contributed by atoms with Crippen LogP contribution >= 0.6 is 11.3 Å². The van der Waals surface area contributed by atoms with E-state index >= 15 is 0 Å². The van der Waals surface area contributed by atoms with Gasteiger partial charge >= 0.3 is 0 Å². The first-order valence-electron chi connectivity index (χ1n) is 9.23. The SMILES string of the molecule is CS(=O)(=O)N1[C@@H]2CC[C@H]1CC(OC1CCN(C(=O)c3cscn3)CC1)C2. The summed E-state index contributed by atoms with van der Waals surface area (Å²) in [4.78, 5) is 18.3.